The Labute approximate surface area is 183 Å². The standard InChI is InChI=1S/C26H21N3O3/c30-22-15-14-17-8-4-5-11-19(17)24(22)25(18-9-2-1-3-10-18)28-23(31)16-29-21-13-7-6-12-20(21)27-26(29)32/h1-15,25,30H,16H2,(H,27,32)(H,28,31)/t25-/m0/s1. The van der Waals surface area contributed by atoms with E-state index in [1.807, 2.05) is 72.8 Å². The zero-order valence-electron chi connectivity index (χ0n) is 17.2. The van der Waals surface area contributed by atoms with E-state index in [9.17, 15) is 14.7 Å². The summed E-state index contributed by atoms with van der Waals surface area (Å²) in [5.74, 6) is -0.236. The van der Waals surface area contributed by atoms with E-state index in [0.29, 0.717) is 16.6 Å². The van der Waals surface area contributed by atoms with Gasteiger partial charge in [-0.25, -0.2) is 4.79 Å². The summed E-state index contributed by atoms with van der Waals surface area (Å²) in [5.41, 5.74) is 2.45. The summed E-state index contributed by atoms with van der Waals surface area (Å²) in [7, 11) is 0. The fourth-order valence-corrected chi connectivity index (χ4v) is 4.17. The highest BCUT2D eigenvalue weighted by atomic mass is 16.3. The van der Waals surface area contributed by atoms with Crippen molar-refractivity contribution in [1.29, 1.82) is 0 Å². The maximum Gasteiger partial charge on any atom is 0.326 e. The Morgan fingerprint density at radius 2 is 1.62 bits per heavy atom. The zero-order valence-corrected chi connectivity index (χ0v) is 17.2. The summed E-state index contributed by atoms with van der Waals surface area (Å²) >= 11 is 0. The number of para-hydroxylation sites is 2. The van der Waals surface area contributed by atoms with Crippen molar-refractivity contribution in [1.82, 2.24) is 14.9 Å². The molecule has 1 aromatic heterocycles. The third kappa shape index (κ3) is 3.52. The Balaban J connectivity index is 1.56. The first-order valence-corrected chi connectivity index (χ1v) is 10.3. The van der Waals surface area contributed by atoms with Crippen LogP contribution in [0.25, 0.3) is 21.8 Å². The molecule has 0 spiro atoms. The number of nitrogens with zero attached hydrogens (tertiary/aromatic N) is 1. The lowest BCUT2D eigenvalue weighted by atomic mass is 9.92. The maximum atomic E-state index is 13.1. The Morgan fingerprint density at radius 1 is 0.906 bits per heavy atom. The van der Waals surface area contributed by atoms with Crippen molar-refractivity contribution in [3.8, 4) is 5.75 Å². The molecule has 0 bridgehead atoms. The monoisotopic (exact) mass is 423 g/mol. The van der Waals surface area contributed by atoms with Gasteiger partial charge in [-0.05, 0) is 34.5 Å². The van der Waals surface area contributed by atoms with Gasteiger partial charge in [0.15, 0.2) is 0 Å². The minimum absolute atomic E-state index is 0.0992. The molecule has 5 rings (SSSR count). The molecule has 3 N–H and O–H groups in total. The lowest BCUT2D eigenvalue weighted by Crippen LogP contribution is -2.34. The third-order valence-electron chi connectivity index (χ3n) is 5.66. The van der Waals surface area contributed by atoms with Gasteiger partial charge in [0.2, 0.25) is 5.91 Å². The van der Waals surface area contributed by atoms with Gasteiger partial charge in [-0.2, -0.15) is 0 Å². The second-order valence-electron chi connectivity index (χ2n) is 7.66. The highest BCUT2D eigenvalue weighted by Crippen LogP contribution is 2.35. The fourth-order valence-electron chi connectivity index (χ4n) is 4.17. The number of nitrogens with one attached hydrogen (secondary N) is 2. The molecule has 0 saturated heterocycles. The molecule has 6 nitrogen and oxygen atoms in total. The number of hydrogen-bond donors (Lipinski definition) is 3. The summed E-state index contributed by atoms with van der Waals surface area (Å²) < 4.78 is 1.41. The van der Waals surface area contributed by atoms with Crippen LogP contribution in [-0.4, -0.2) is 20.6 Å². The summed E-state index contributed by atoms with van der Waals surface area (Å²) in [6.45, 7) is -0.141. The number of aromatic amines is 1. The average Bonchev–Trinajstić information content (AvgIpc) is 3.13. The summed E-state index contributed by atoms with van der Waals surface area (Å²) in [6, 6.07) is 27.4. The third-order valence-corrected chi connectivity index (χ3v) is 5.66. The number of amides is 1. The van der Waals surface area contributed by atoms with E-state index in [1.54, 1.807) is 18.2 Å². The molecule has 0 fully saturated rings. The van der Waals surface area contributed by atoms with E-state index in [2.05, 4.69) is 10.3 Å². The maximum absolute atomic E-state index is 13.1. The fraction of sp³-hybridized carbons (Fsp3) is 0.0769. The van der Waals surface area contributed by atoms with Crippen molar-refractivity contribution < 1.29 is 9.90 Å². The van der Waals surface area contributed by atoms with Crippen LogP contribution in [0.4, 0.5) is 0 Å². The molecule has 32 heavy (non-hydrogen) atoms. The van der Waals surface area contributed by atoms with E-state index in [-0.39, 0.29) is 23.9 Å². The van der Waals surface area contributed by atoms with Gasteiger partial charge in [0, 0.05) is 5.56 Å². The molecule has 0 unspecified atom stereocenters. The van der Waals surface area contributed by atoms with Crippen LogP contribution < -0.4 is 11.0 Å². The normalized spacial score (nSPS) is 12.1. The SMILES string of the molecule is O=C(Cn1c(=O)[nH]c2ccccc21)N[C@@H](c1ccccc1)c1c(O)ccc2ccccc12. The van der Waals surface area contributed by atoms with Crippen LogP contribution in [0.1, 0.15) is 17.2 Å². The molecule has 0 radical (unpaired) electrons. The first-order chi connectivity index (χ1) is 15.6. The molecule has 1 atom stereocenters. The molecular weight excluding hydrogens is 402 g/mol. The number of aromatic nitrogens is 2. The van der Waals surface area contributed by atoms with Gasteiger partial charge in [0.05, 0.1) is 17.1 Å². The highest BCUT2D eigenvalue weighted by molar-refractivity contribution is 5.89. The second kappa shape index (κ2) is 8.07. The molecule has 5 aromatic rings. The van der Waals surface area contributed by atoms with E-state index in [1.165, 1.54) is 4.57 Å². The molecule has 0 saturated carbocycles. The Kier molecular flexibility index (Phi) is 4.95. The molecule has 4 aromatic carbocycles. The first kappa shape index (κ1) is 19.6. The van der Waals surface area contributed by atoms with Crippen LogP contribution in [0.3, 0.4) is 0 Å². The van der Waals surface area contributed by atoms with Crippen LogP contribution in [0.5, 0.6) is 5.75 Å². The van der Waals surface area contributed by atoms with Crippen LogP contribution in [0.15, 0.2) is 95.8 Å². The predicted molar refractivity (Wildman–Crippen MR) is 125 cm³/mol. The van der Waals surface area contributed by atoms with E-state index in [4.69, 9.17) is 0 Å². The minimum Gasteiger partial charge on any atom is -0.508 e. The van der Waals surface area contributed by atoms with Gasteiger partial charge < -0.3 is 15.4 Å². The van der Waals surface area contributed by atoms with Gasteiger partial charge in [0.25, 0.3) is 0 Å². The number of fused-ring (bicyclic) bond motifs is 2. The molecule has 6 heteroatoms. The number of phenolic OH excluding ortho intramolecular Hbond substituents is 1. The number of aromatic hydroxyl groups is 1. The lowest BCUT2D eigenvalue weighted by Gasteiger charge is -2.23. The topological polar surface area (TPSA) is 87.1 Å². The van der Waals surface area contributed by atoms with Crippen molar-refractivity contribution in [2.75, 3.05) is 0 Å². The molecule has 1 heterocycles. The molecule has 0 aliphatic heterocycles. The molecule has 0 aliphatic carbocycles. The largest absolute Gasteiger partial charge is 0.508 e. The van der Waals surface area contributed by atoms with E-state index >= 15 is 0 Å². The smallest absolute Gasteiger partial charge is 0.326 e. The van der Waals surface area contributed by atoms with Gasteiger partial charge in [-0.3, -0.25) is 9.36 Å². The van der Waals surface area contributed by atoms with Crippen LogP contribution in [-0.2, 0) is 11.3 Å². The number of carbonyl (C=O) groups is 1. The van der Waals surface area contributed by atoms with Crippen LogP contribution in [0.2, 0.25) is 0 Å². The summed E-state index contributed by atoms with van der Waals surface area (Å²) in [6.07, 6.45) is 0. The number of imidazole rings is 1. The number of rotatable bonds is 5. The Bertz CT molecular complexity index is 1490. The van der Waals surface area contributed by atoms with Crippen molar-refractivity contribution in [2.24, 2.45) is 0 Å². The average molecular weight is 423 g/mol. The van der Waals surface area contributed by atoms with Gasteiger partial charge >= 0.3 is 5.69 Å². The number of benzene rings is 4. The number of carbonyl (C=O) groups excluding carboxylic acids is 1. The Morgan fingerprint density at radius 3 is 2.47 bits per heavy atom. The van der Waals surface area contributed by atoms with Crippen molar-refractivity contribution in [3.05, 3.63) is 113 Å². The van der Waals surface area contributed by atoms with Gasteiger partial charge in [-0.15, -0.1) is 0 Å². The zero-order chi connectivity index (χ0) is 22.1. The minimum atomic E-state index is -0.587. The van der Waals surface area contributed by atoms with Crippen molar-refractivity contribution >= 4 is 27.7 Å². The van der Waals surface area contributed by atoms with Crippen molar-refractivity contribution in [3.63, 3.8) is 0 Å². The first-order valence-electron chi connectivity index (χ1n) is 10.3. The highest BCUT2D eigenvalue weighted by Gasteiger charge is 2.23. The van der Waals surface area contributed by atoms with Crippen molar-refractivity contribution in [2.45, 2.75) is 12.6 Å². The molecule has 1 amide bonds. The van der Waals surface area contributed by atoms with Gasteiger partial charge in [-0.1, -0.05) is 72.8 Å². The summed E-state index contributed by atoms with van der Waals surface area (Å²) in [5, 5.41) is 15.6. The van der Waals surface area contributed by atoms with E-state index in [0.717, 1.165) is 16.3 Å². The quantitative estimate of drug-likeness (QED) is 0.398. The summed E-state index contributed by atoms with van der Waals surface area (Å²) in [4.78, 5) is 28.3. The number of H-pyrrole nitrogens is 1. The van der Waals surface area contributed by atoms with Crippen LogP contribution >= 0.6 is 0 Å². The predicted octanol–water partition coefficient (Wildman–Crippen LogP) is 4.09. The second-order valence-corrected chi connectivity index (χ2v) is 7.66. The van der Waals surface area contributed by atoms with Crippen LogP contribution in [0, 0.1) is 0 Å². The number of hydrogen-bond acceptors (Lipinski definition) is 3. The van der Waals surface area contributed by atoms with E-state index < -0.39 is 6.04 Å². The molecule has 0 aliphatic rings. The Hall–Kier alpha value is -4.32. The lowest BCUT2D eigenvalue weighted by molar-refractivity contribution is -0.122. The molecule has 158 valence electrons. The van der Waals surface area contributed by atoms with Gasteiger partial charge in [0.1, 0.15) is 12.3 Å². The number of phenols is 1. The molecular formula is C26H21N3O3.